The zero-order chi connectivity index (χ0) is 43.5. The molecular formula is C45H57N5O11. The third-order valence-corrected chi connectivity index (χ3v) is 14.5. The van der Waals surface area contributed by atoms with Gasteiger partial charge in [0, 0.05) is 49.5 Å². The van der Waals surface area contributed by atoms with Gasteiger partial charge in [0.05, 0.1) is 49.1 Å². The number of amides is 8. The molecule has 0 spiro atoms. The standard InChI is InChI=1S/C45H57N5O11/c1-5-29(50-32(51)11-12-33(50)52)10-6-7-17-48-40(55)35-30-13-15-44(60-30,37(35)42(48)57)23-59-24-45-16-14-31(61-45)36-38(45)43(58)49(41(36)56)22-27(21-46)9-8-18-47-34(53)20-28(39(47)54)19-26(4)25(2)3/h11-16,20,25-27,29-31,35-38H,5-10,17-19,21-24,46H2,1-4H3. The number of likely N-dealkylation sites (tertiary alicyclic amines) is 2. The van der Waals surface area contributed by atoms with E-state index in [1.54, 1.807) is 24.3 Å². The van der Waals surface area contributed by atoms with Crippen molar-refractivity contribution in [1.29, 1.82) is 0 Å². The second kappa shape index (κ2) is 16.6. The van der Waals surface area contributed by atoms with E-state index in [9.17, 15) is 38.4 Å². The first kappa shape index (κ1) is 43.0. The summed E-state index contributed by atoms with van der Waals surface area (Å²) in [5.74, 6) is -5.17. The van der Waals surface area contributed by atoms with Crippen molar-refractivity contribution in [3.05, 3.63) is 48.1 Å². The molecule has 0 aromatic rings. The molecule has 11 unspecified atom stereocenters. The van der Waals surface area contributed by atoms with Crippen molar-refractivity contribution in [3.63, 3.8) is 0 Å². The largest absolute Gasteiger partial charge is 0.375 e. The molecular weight excluding hydrogens is 787 g/mol. The summed E-state index contributed by atoms with van der Waals surface area (Å²) >= 11 is 0. The summed E-state index contributed by atoms with van der Waals surface area (Å²) in [7, 11) is 0. The van der Waals surface area contributed by atoms with Gasteiger partial charge >= 0.3 is 0 Å². The first-order valence-electron chi connectivity index (χ1n) is 22.0. The van der Waals surface area contributed by atoms with Crippen LogP contribution < -0.4 is 5.73 Å². The van der Waals surface area contributed by atoms with E-state index in [1.807, 2.05) is 6.92 Å². The van der Waals surface area contributed by atoms with Crippen LogP contribution in [0, 0.1) is 41.4 Å². The Morgan fingerprint density at radius 1 is 0.721 bits per heavy atom. The summed E-state index contributed by atoms with van der Waals surface area (Å²) in [4.78, 5) is 111. The molecule has 0 aromatic heterocycles. The molecule has 2 N–H and O–H groups in total. The van der Waals surface area contributed by atoms with Crippen LogP contribution >= 0.6 is 0 Å². The molecule has 0 aliphatic carbocycles. The molecule has 16 heteroatoms. The van der Waals surface area contributed by atoms with Gasteiger partial charge in [0.1, 0.15) is 11.2 Å². The van der Waals surface area contributed by atoms with Gasteiger partial charge in [-0.3, -0.25) is 58.0 Å². The van der Waals surface area contributed by atoms with Crippen molar-refractivity contribution in [2.24, 2.45) is 47.2 Å². The van der Waals surface area contributed by atoms with Gasteiger partial charge in [0.25, 0.3) is 23.6 Å². The Hall–Kier alpha value is -4.64. The average Bonchev–Trinajstić information content (AvgIpc) is 4.12. The van der Waals surface area contributed by atoms with E-state index in [0.29, 0.717) is 56.4 Å². The van der Waals surface area contributed by atoms with Gasteiger partial charge in [-0.25, -0.2) is 0 Å². The number of nitrogens with zero attached hydrogens (tertiary/aromatic N) is 4. The molecule has 8 amide bonds. The first-order valence-corrected chi connectivity index (χ1v) is 22.0. The Kier molecular flexibility index (Phi) is 11.7. The number of carbonyl (C=O) groups excluding carboxylic acids is 8. The summed E-state index contributed by atoms with van der Waals surface area (Å²) in [6.45, 7) is 8.74. The van der Waals surface area contributed by atoms with Crippen molar-refractivity contribution in [2.45, 2.75) is 102 Å². The minimum Gasteiger partial charge on any atom is -0.375 e. The van der Waals surface area contributed by atoms with Gasteiger partial charge in [-0.2, -0.15) is 0 Å². The third-order valence-electron chi connectivity index (χ3n) is 14.5. The lowest BCUT2D eigenvalue weighted by molar-refractivity contribution is -0.150. The third kappa shape index (κ3) is 7.26. The van der Waals surface area contributed by atoms with E-state index in [4.69, 9.17) is 19.9 Å². The van der Waals surface area contributed by atoms with Crippen LogP contribution in [0.25, 0.3) is 0 Å². The van der Waals surface area contributed by atoms with E-state index < -0.39 is 47.1 Å². The lowest BCUT2D eigenvalue weighted by atomic mass is 9.76. The number of carbonyl (C=O) groups is 8. The Balaban J connectivity index is 0.838. The number of nitrogens with two attached hydrogens (primary N) is 1. The van der Waals surface area contributed by atoms with Crippen molar-refractivity contribution in [2.75, 3.05) is 39.4 Å². The quantitative estimate of drug-likeness (QED) is 0.1000. The van der Waals surface area contributed by atoms with Crippen LogP contribution in [0.1, 0.15) is 72.6 Å². The van der Waals surface area contributed by atoms with Crippen molar-refractivity contribution < 1.29 is 52.6 Å². The Morgan fingerprint density at radius 2 is 1.30 bits per heavy atom. The molecule has 0 aromatic carbocycles. The predicted molar refractivity (Wildman–Crippen MR) is 216 cm³/mol. The monoisotopic (exact) mass is 843 g/mol. The number of hydrogen-bond donors (Lipinski definition) is 1. The van der Waals surface area contributed by atoms with Crippen LogP contribution in [0.4, 0.5) is 0 Å². The number of ether oxygens (including phenoxy) is 3. The average molecular weight is 844 g/mol. The molecule has 328 valence electrons. The van der Waals surface area contributed by atoms with E-state index >= 15 is 0 Å². The molecule has 8 heterocycles. The fraction of sp³-hybridized carbons (Fsp3) is 0.644. The van der Waals surface area contributed by atoms with Crippen LogP contribution in [0.3, 0.4) is 0 Å². The lowest BCUT2D eigenvalue weighted by Gasteiger charge is -2.33. The molecule has 8 aliphatic heterocycles. The Morgan fingerprint density at radius 3 is 1.87 bits per heavy atom. The minimum absolute atomic E-state index is 0.0734. The van der Waals surface area contributed by atoms with Crippen molar-refractivity contribution in [1.82, 2.24) is 19.6 Å². The van der Waals surface area contributed by atoms with Gasteiger partial charge in [-0.1, -0.05) is 52.0 Å². The highest BCUT2D eigenvalue weighted by Crippen LogP contribution is 2.54. The van der Waals surface area contributed by atoms with Crippen LogP contribution in [-0.2, 0) is 52.6 Å². The van der Waals surface area contributed by atoms with Crippen molar-refractivity contribution in [3.8, 4) is 0 Å². The maximum absolute atomic E-state index is 14.1. The zero-order valence-electron chi connectivity index (χ0n) is 35.4. The minimum atomic E-state index is -1.21. The summed E-state index contributed by atoms with van der Waals surface area (Å²) in [6, 6.07) is -0.256. The number of imide groups is 4. The molecule has 61 heavy (non-hydrogen) atoms. The normalized spacial score (nSPS) is 33.6. The van der Waals surface area contributed by atoms with Crippen LogP contribution in [0.5, 0.6) is 0 Å². The first-order chi connectivity index (χ1) is 29.1. The lowest BCUT2D eigenvalue weighted by Crippen LogP contribution is -2.48. The van der Waals surface area contributed by atoms with E-state index in [1.165, 1.54) is 37.8 Å². The summed E-state index contributed by atoms with van der Waals surface area (Å²) in [5.41, 5.74) is 4.28. The Bertz CT molecular complexity index is 2010. The molecule has 11 atom stereocenters. The molecule has 16 nitrogen and oxygen atoms in total. The summed E-state index contributed by atoms with van der Waals surface area (Å²) in [5, 5.41) is 0. The second-order valence-electron chi connectivity index (χ2n) is 18.5. The van der Waals surface area contributed by atoms with E-state index in [0.717, 1.165) is 0 Å². The van der Waals surface area contributed by atoms with Crippen LogP contribution in [0.2, 0.25) is 0 Å². The topological polar surface area (TPSA) is 203 Å². The molecule has 0 saturated carbocycles. The molecule has 4 bridgehead atoms. The summed E-state index contributed by atoms with van der Waals surface area (Å²) < 4.78 is 18.9. The smallest absolute Gasteiger partial charge is 0.256 e. The van der Waals surface area contributed by atoms with Gasteiger partial charge in [0.2, 0.25) is 23.6 Å². The van der Waals surface area contributed by atoms with Crippen LogP contribution in [-0.4, -0.2) is 136 Å². The molecule has 8 rings (SSSR count). The number of rotatable bonds is 21. The van der Waals surface area contributed by atoms with E-state index in [-0.39, 0.29) is 105 Å². The summed E-state index contributed by atoms with van der Waals surface area (Å²) in [6.07, 6.45) is 13.8. The van der Waals surface area contributed by atoms with Crippen molar-refractivity contribution >= 4 is 47.3 Å². The molecule has 8 aliphatic rings. The number of fused-ring (bicyclic) bond motifs is 10. The maximum Gasteiger partial charge on any atom is 0.256 e. The fourth-order valence-corrected chi connectivity index (χ4v) is 10.7. The second-order valence-corrected chi connectivity index (χ2v) is 18.5. The van der Waals surface area contributed by atoms with E-state index in [2.05, 4.69) is 20.8 Å². The highest BCUT2D eigenvalue weighted by atomic mass is 16.6. The molecule has 4 fully saturated rings. The van der Waals surface area contributed by atoms with Crippen LogP contribution in [0.15, 0.2) is 48.1 Å². The van der Waals surface area contributed by atoms with Gasteiger partial charge in [-0.15, -0.1) is 0 Å². The SMILES string of the molecule is CCC(CCCCN1C(=O)C2C3C=CC(COCC45C=CC(O4)C4C(=O)N(CC(CN)CCCN6C(=O)C=C(CC(C)C(C)C)C6=O)C(=O)C45)(O3)C2C1=O)N1C(=O)C=CC1=O. The number of hydrogen-bond acceptors (Lipinski definition) is 12. The maximum atomic E-state index is 14.1. The number of unbranched alkanes of at least 4 members (excludes halogenated alkanes) is 1. The fourth-order valence-electron chi connectivity index (χ4n) is 10.7. The predicted octanol–water partition coefficient (Wildman–Crippen LogP) is 1.83. The molecule has 4 saturated heterocycles. The highest BCUT2D eigenvalue weighted by Gasteiger charge is 2.70. The zero-order valence-corrected chi connectivity index (χ0v) is 35.4. The highest BCUT2D eigenvalue weighted by molar-refractivity contribution is 6.16. The molecule has 0 radical (unpaired) electrons. The van der Waals surface area contributed by atoms with Gasteiger partial charge in [-0.05, 0) is 69.2 Å². The van der Waals surface area contributed by atoms with Gasteiger partial charge in [0.15, 0.2) is 0 Å². The van der Waals surface area contributed by atoms with Gasteiger partial charge < -0.3 is 19.9 Å². The Labute approximate surface area is 355 Å².